The van der Waals surface area contributed by atoms with Gasteiger partial charge in [0.25, 0.3) is 11.6 Å². The molecule has 8 nitrogen and oxygen atoms in total. The Morgan fingerprint density at radius 3 is 2.69 bits per heavy atom. The first-order valence-electron chi connectivity index (χ1n) is 7.90. The van der Waals surface area contributed by atoms with E-state index < -0.39 is 10.8 Å². The van der Waals surface area contributed by atoms with Crippen molar-refractivity contribution in [1.29, 1.82) is 0 Å². The third-order valence-electron chi connectivity index (χ3n) is 3.82. The molecule has 0 saturated heterocycles. The lowest BCUT2D eigenvalue weighted by Gasteiger charge is -2.05. The number of benzene rings is 2. The number of rotatable bonds is 6. The fraction of sp³-hybridized carbons (Fsp3) is 0.111. The second-order valence-corrected chi connectivity index (χ2v) is 5.75. The van der Waals surface area contributed by atoms with Crippen LogP contribution in [0.5, 0.6) is 0 Å². The molecule has 0 radical (unpaired) electrons. The number of nitro groups is 1. The quantitative estimate of drug-likeness (QED) is 0.402. The summed E-state index contributed by atoms with van der Waals surface area (Å²) in [5, 5.41) is 17.9. The van der Waals surface area contributed by atoms with Gasteiger partial charge in [0, 0.05) is 29.9 Å². The summed E-state index contributed by atoms with van der Waals surface area (Å²) in [7, 11) is 0. The molecule has 0 saturated carbocycles. The van der Waals surface area contributed by atoms with Crippen LogP contribution in [0.25, 0.3) is 0 Å². The molecule has 1 aromatic heterocycles. The van der Waals surface area contributed by atoms with E-state index in [9.17, 15) is 14.9 Å². The highest BCUT2D eigenvalue weighted by Gasteiger charge is 2.15. The van der Waals surface area contributed by atoms with E-state index in [0.717, 1.165) is 11.1 Å². The predicted molar refractivity (Wildman–Crippen MR) is 96.5 cm³/mol. The summed E-state index contributed by atoms with van der Waals surface area (Å²) in [4.78, 5) is 22.5. The third kappa shape index (κ3) is 4.04. The summed E-state index contributed by atoms with van der Waals surface area (Å²) in [6.07, 6.45) is 3.52. The Balaban J connectivity index is 1.62. The molecule has 0 bridgehead atoms. The zero-order valence-electron chi connectivity index (χ0n) is 13.8. The first-order valence-corrected chi connectivity index (χ1v) is 7.90. The Hall–Kier alpha value is -3.68. The maximum atomic E-state index is 12.2. The van der Waals surface area contributed by atoms with Crippen LogP contribution >= 0.6 is 0 Å². The number of nitro benzene ring substituents is 1. The standard InChI is InChI=1S/C18H17N5O3/c19-16-7-6-15(8-17(16)23(25)26)18(24)20-9-14-10-21-22(12-14)11-13-4-2-1-3-5-13/h1-8,10,12H,9,11,19H2,(H,20,24). The van der Waals surface area contributed by atoms with Crippen molar-refractivity contribution in [1.82, 2.24) is 15.1 Å². The molecule has 0 aliphatic rings. The van der Waals surface area contributed by atoms with Crippen LogP contribution < -0.4 is 11.1 Å². The normalized spacial score (nSPS) is 10.5. The Morgan fingerprint density at radius 1 is 1.19 bits per heavy atom. The van der Waals surface area contributed by atoms with Crippen molar-refractivity contribution < 1.29 is 9.72 Å². The van der Waals surface area contributed by atoms with Crippen LogP contribution in [0.15, 0.2) is 60.9 Å². The molecular weight excluding hydrogens is 334 g/mol. The number of hydrogen-bond donors (Lipinski definition) is 2. The van der Waals surface area contributed by atoms with E-state index in [1.807, 2.05) is 36.5 Å². The highest BCUT2D eigenvalue weighted by Crippen LogP contribution is 2.22. The predicted octanol–water partition coefficient (Wildman–Crippen LogP) is 2.35. The van der Waals surface area contributed by atoms with Crippen LogP contribution in [0.3, 0.4) is 0 Å². The summed E-state index contributed by atoms with van der Waals surface area (Å²) >= 11 is 0. The summed E-state index contributed by atoms with van der Waals surface area (Å²) in [6.45, 7) is 0.907. The fourth-order valence-electron chi connectivity index (χ4n) is 2.48. The van der Waals surface area contributed by atoms with Crippen molar-refractivity contribution >= 4 is 17.3 Å². The van der Waals surface area contributed by atoms with Crippen LogP contribution in [-0.4, -0.2) is 20.6 Å². The van der Waals surface area contributed by atoms with Crippen molar-refractivity contribution in [2.75, 3.05) is 5.73 Å². The Kier molecular flexibility index (Phi) is 4.93. The van der Waals surface area contributed by atoms with Gasteiger partial charge in [-0.25, -0.2) is 0 Å². The zero-order valence-corrected chi connectivity index (χ0v) is 13.8. The summed E-state index contributed by atoms with van der Waals surface area (Å²) in [5.41, 5.74) is 7.42. The minimum Gasteiger partial charge on any atom is -0.393 e. The lowest BCUT2D eigenvalue weighted by atomic mass is 10.1. The van der Waals surface area contributed by atoms with Gasteiger partial charge in [-0.05, 0) is 17.7 Å². The van der Waals surface area contributed by atoms with E-state index in [1.54, 1.807) is 10.9 Å². The number of aromatic nitrogens is 2. The van der Waals surface area contributed by atoms with Crippen LogP contribution in [0.1, 0.15) is 21.5 Å². The fourth-order valence-corrected chi connectivity index (χ4v) is 2.48. The molecule has 26 heavy (non-hydrogen) atoms. The van der Waals surface area contributed by atoms with Crippen molar-refractivity contribution in [2.45, 2.75) is 13.1 Å². The Bertz CT molecular complexity index is 937. The van der Waals surface area contributed by atoms with E-state index in [-0.39, 0.29) is 23.5 Å². The number of hydrogen-bond acceptors (Lipinski definition) is 5. The minimum atomic E-state index is -0.611. The van der Waals surface area contributed by atoms with Gasteiger partial charge in [-0.3, -0.25) is 19.6 Å². The van der Waals surface area contributed by atoms with E-state index >= 15 is 0 Å². The highest BCUT2D eigenvalue weighted by molar-refractivity contribution is 5.95. The van der Waals surface area contributed by atoms with Crippen molar-refractivity contribution in [3.05, 3.63) is 87.7 Å². The third-order valence-corrected chi connectivity index (χ3v) is 3.82. The molecule has 3 N–H and O–H groups in total. The lowest BCUT2D eigenvalue weighted by molar-refractivity contribution is -0.383. The van der Waals surface area contributed by atoms with Crippen molar-refractivity contribution in [2.24, 2.45) is 0 Å². The first-order chi connectivity index (χ1) is 12.5. The smallest absolute Gasteiger partial charge is 0.292 e. The van der Waals surface area contributed by atoms with Crippen LogP contribution in [-0.2, 0) is 13.1 Å². The maximum absolute atomic E-state index is 12.2. The second-order valence-electron chi connectivity index (χ2n) is 5.75. The zero-order chi connectivity index (χ0) is 18.5. The lowest BCUT2D eigenvalue weighted by Crippen LogP contribution is -2.22. The summed E-state index contributed by atoms with van der Waals surface area (Å²) in [5.74, 6) is -0.413. The largest absolute Gasteiger partial charge is 0.393 e. The molecule has 0 aliphatic heterocycles. The van der Waals surface area contributed by atoms with E-state index in [1.165, 1.54) is 18.2 Å². The van der Waals surface area contributed by atoms with Gasteiger partial charge < -0.3 is 11.1 Å². The molecule has 0 unspecified atom stereocenters. The molecule has 0 fully saturated rings. The highest BCUT2D eigenvalue weighted by atomic mass is 16.6. The minimum absolute atomic E-state index is 0.0220. The molecule has 0 spiro atoms. The molecule has 3 aromatic rings. The molecule has 3 rings (SSSR count). The van der Waals surface area contributed by atoms with Gasteiger partial charge in [0.15, 0.2) is 0 Å². The number of carbonyl (C=O) groups is 1. The first kappa shape index (κ1) is 17.2. The number of nitrogen functional groups attached to an aromatic ring is 1. The molecule has 1 heterocycles. The number of carbonyl (C=O) groups excluding carboxylic acids is 1. The van der Waals surface area contributed by atoms with Crippen molar-refractivity contribution in [3.8, 4) is 0 Å². The van der Waals surface area contributed by atoms with Crippen LogP contribution in [0.2, 0.25) is 0 Å². The molecule has 8 heteroatoms. The van der Waals surface area contributed by atoms with Gasteiger partial charge in [-0.15, -0.1) is 0 Å². The Morgan fingerprint density at radius 2 is 1.96 bits per heavy atom. The van der Waals surface area contributed by atoms with Gasteiger partial charge >= 0.3 is 0 Å². The SMILES string of the molecule is Nc1ccc(C(=O)NCc2cnn(Cc3ccccc3)c2)cc1[N+](=O)[O-]. The average molecular weight is 351 g/mol. The van der Waals surface area contributed by atoms with Crippen molar-refractivity contribution in [3.63, 3.8) is 0 Å². The van der Waals surface area contributed by atoms with Crippen LogP contribution in [0, 0.1) is 10.1 Å². The van der Waals surface area contributed by atoms with Gasteiger partial charge in [0.1, 0.15) is 5.69 Å². The molecular formula is C18H17N5O3. The number of anilines is 1. The molecule has 2 aromatic carbocycles. The molecule has 0 aliphatic carbocycles. The maximum Gasteiger partial charge on any atom is 0.292 e. The number of nitrogens with one attached hydrogen (secondary N) is 1. The van der Waals surface area contributed by atoms with E-state index in [2.05, 4.69) is 10.4 Å². The van der Waals surface area contributed by atoms with E-state index in [0.29, 0.717) is 6.54 Å². The molecule has 132 valence electrons. The second kappa shape index (κ2) is 7.47. The van der Waals surface area contributed by atoms with Gasteiger partial charge in [-0.1, -0.05) is 30.3 Å². The monoisotopic (exact) mass is 351 g/mol. The molecule has 0 atom stereocenters. The van der Waals surface area contributed by atoms with Gasteiger partial charge in [0.2, 0.25) is 0 Å². The number of amides is 1. The number of nitrogens with zero attached hydrogens (tertiary/aromatic N) is 3. The van der Waals surface area contributed by atoms with Gasteiger partial charge in [-0.2, -0.15) is 5.10 Å². The summed E-state index contributed by atoms with van der Waals surface area (Å²) in [6, 6.07) is 13.9. The number of nitrogens with two attached hydrogens (primary N) is 1. The topological polar surface area (TPSA) is 116 Å². The van der Waals surface area contributed by atoms with E-state index in [4.69, 9.17) is 5.73 Å². The average Bonchev–Trinajstić information content (AvgIpc) is 3.08. The molecule has 1 amide bonds. The Labute approximate surface area is 149 Å². The van der Waals surface area contributed by atoms with Gasteiger partial charge in [0.05, 0.1) is 17.7 Å². The summed E-state index contributed by atoms with van der Waals surface area (Å²) < 4.78 is 1.78. The van der Waals surface area contributed by atoms with Crippen LogP contribution in [0.4, 0.5) is 11.4 Å².